The first-order valence-electron chi connectivity index (χ1n) is 8.33. The van der Waals surface area contributed by atoms with E-state index in [2.05, 4.69) is 11.0 Å². The molecule has 1 aliphatic heterocycles. The minimum atomic E-state index is 0.797. The van der Waals surface area contributed by atoms with Gasteiger partial charge in [-0.25, -0.2) is 0 Å². The van der Waals surface area contributed by atoms with Crippen LogP contribution in [-0.4, -0.2) is 24.5 Å². The molecule has 4 saturated carbocycles. The third kappa shape index (κ3) is 2.05. The molecule has 3 nitrogen and oxygen atoms in total. The van der Waals surface area contributed by atoms with E-state index in [0.29, 0.717) is 0 Å². The summed E-state index contributed by atoms with van der Waals surface area (Å²) in [5, 5.41) is 9.17. The zero-order chi connectivity index (χ0) is 13.7. The van der Waals surface area contributed by atoms with Crippen LogP contribution in [0.3, 0.4) is 0 Å². The zero-order valence-electron chi connectivity index (χ0n) is 12.2. The van der Waals surface area contributed by atoms with Gasteiger partial charge in [-0.05, 0) is 61.7 Å². The van der Waals surface area contributed by atoms with Gasteiger partial charge >= 0.3 is 0 Å². The van der Waals surface area contributed by atoms with Gasteiger partial charge in [0.25, 0.3) is 0 Å². The molecule has 0 aromatic carbocycles. The van der Waals surface area contributed by atoms with E-state index in [0.717, 1.165) is 60.4 Å². The molecule has 0 amide bonds. The van der Waals surface area contributed by atoms with Crippen LogP contribution in [0.5, 0.6) is 0 Å². The van der Waals surface area contributed by atoms with Crippen molar-refractivity contribution < 1.29 is 0 Å². The molecule has 0 aromatic heterocycles. The molecule has 0 saturated heterocycles. The summed E-state index contributed by atoms with van der Waals surface area (Å²) in [4.78, 5) is 2.50. The number of nitrogens with two attached hydrogens (primary N) is 1. The second-order valence-corrected chi connectivity index (χ2v) is 7.70. The number of hydrogen-bond donors (Lipinski definition) is 1. The second-order valence-electron chi connectivity index (χ2n) is 7.70. The Hall–Kier alpha value is -1.01. The van der Waals surface area contributed by atoms with Crippen LogP contribution in [0.25, 0.3) is 0 Å². The van der Waals surface area contributed by atoms with Gasteiger partial charge in [0.1, 0.15) is 0 Å². The normalized spacial score (nSPS) is 43.9. The van der Waals surface area contributed by atoms with Crippen molar-refractivity contribution in [2.45, 2.75) is 38.5 Å². The summed E-state index contributed by atoms with van der Waals surface area (Å²) in [6.07, 6.45) is 8.39. The average Bonchev–Trinajstić information content (AvgIpc) is 2.44. The Morgan fingerprint density at radius 2 is 1.75 bits per heavy atom. The van der Waals surface area contributed by atoms with Gasteiger partial charge in [-0.3, -0.25) is 4.90 Å². The highest BCUT2D eigenvalue weighted by atomic mass is 15.1. The van der Waals surface area contributed by atoms with Gasteiger partial charge in [-0.1, -0.05) is 0 Å². The minimum absolute atomic E-state index is 0.797. The monoisotopic (exact) mass is 271 g/mol. The topological polar surface area (TPSA) is 53.1 Å². The van der Waals surface area contributed by atoms with E-state index >= 15 is 0 Å². The van der Waals surface area contributed by atoms with Crippen LogP contribution in [0, 0.1) is 40.9 Å². The summed E-state index contributed by atoms with van der Waals surface area (Å²) in [7, 11) is 0. The van der Waals surface area contributed by atoms with E-state index in [1.54, 1.807) is 0 Å². The minimum Gasteiger partial charge on any atom is -0.401 e. The number of hydrogen-bond acceptors (Lipinski definition) is 3. The molecule has 1 heterocycles. The van der Waals surface area contributed by atoms with Crippen molar-refractivity contribution in [1.82, 2.24) is 4.90 Å². The molecule has 3 heteroatoms. The molecule has 0 radical (unpaired) electrons. The summed E-state index contributed by atoms with van der Waals surface area (Å²) in [5.74, 6) is 4.99. The number of rotatable bonds is 2. The van der Waals surface area contributed by atoms with Gasteiger partial charge in [-0.15, -0.1) is 0 Å². The largest absolute Gasteiger partial charge is 0.401 e. The van der Waals surface area contributed by atoms with Crippen LogP contribution in [0.2, 0.25) is 0 Å². The Morgan fingerprint density at radius 3 is 2.35 bits per heavy atom. The van der Waals surface area contributed by atoms with E-state index in [-0.39, 0.29) is 0 Å². The first-order valence-corrected chi connectivity index (χ1v) is 8.33. The highest BCUT2D eigenvalue weighted by Crippen LogP contribution is 2.56. The first kappa shape index (κ1) is 12.7. The lowest BCUT2D eigenvalue weighted by atomic mass is 9.52. The lowest BCUT2D eigenvalue weighted by molar-refractivity contribution is -0.0484. The maximum Gasteiger partial charge on any atom is 0.0979 e. The SMILES string of the molecule is N#CC1=C(N)CCN(CC2C3CC4CC(C3)CC2C4)C1. The van der Waals surface area contributed by atoms with Gasteiger partial charge in [0, 0.05) is 31.8 Å². The third-order valence-corrected chi connectivity index (χ3v) is 6.49. The van der Waals surface area contributed by atoms with Crippen LogP contribution in [0.4, 0.5) is 0 Å². The lowest BCUT2D eigenvalue weighted by Crippen LogP contribution is -2.50. The van der Waals surface area contributed by atoms with Gasteiger partial charge in [0.2, 0.25) is 0 Å². The third-order valence-electron chi connectivity index (χ3n) is 6.49. The fourth-order valence-electron chi connectivity index (χ4n) is 5.73. The molecule has 0 atom stereocenters. The summed E-state index contributed by atoms with van der Waals surface area (Å²) < 4.78 is 0. The molecule has 2 N–H and O–H groups in total. The molecule has 4 aliphatic carbocycles. The van der Waals surface area contributed by atoms with Gasteiger partial charge in [-0.2, -0.15) is 5.26 Å². The van der Waals surface area contributed by atoms with Crippen molar-refractivity contribution >= 4 is 0 Å². The molecule has 0 spiro atoms. The molecular formula is C17H25N3. The predicted octanol–water partition coefficient (Wildman–Crippen LogP) is 2.50. The van der Waals surface area contributed by atoms with Crippen LogP contribution in [-0.2, 0) is 0 Å². The van der Waals surface area contributed by atoms with Crippen LogP contribution in [0.15, 0.2) is 11.3 Å². The molecule has 0 aromatic rings. The van der Waals surface area contributed by atoms with E-state index in [1.807, 2.05) is 0 Å². The maximum absolute atomic E-state index is 9.17. The van der Waals surface area contributed by atoms with E-state index in [4.69, 9.17) is 5.73 Å². The van der Waals surface area contributed by atoms with Crippen molar-refractivity contribution in [3.05, 3.63) is 11.3 Å². The van der Waals surface area contributed by atoms with Crippen LogP contribution >= 0.6 is 0 Å². The summed E-state index contributed by atoms with van der Waals surface area (Å²) >= 11 is 0. The zero-order valence-corrected chi connectivity index (χ0v) is 12.2. The van der Waals surface area contributed by atoms with E-state index in [1.165, 1.54) is 38.6 Å². The summed E-state index contributed by atoms with van der Waals surface area (Å²) in [6, 6.07) is 2.30. The van der Waals surface area contributed by atoms with Crippen molar-refractivity contribution in [3.63, 3.8) is 0 Å². The molecule has 20 heavy (non-hydrogen) atoms. The predicted molar refractivity (Wildman–Crippen MR) is 78.4 cm³/mol. The molecule has 0 unspecified atom stereocenters. The Labute approximate surface area is 121 Å². The Bertz CT molecular complexity index is 445. The maximum atomic E-state index is 9.17. The molecule has 4 bridgehead atoms. The summed E-state index contributed by atoms with van der Waals surface area (Å²) in [6.45, 7) is 3.07. The van der Waals surface area contributed by atoms with E-state index < -0.39 is 0 Å². The van der Waals surface area contributed by atoms with Crippen molar-refractivity contribution in [2.75, 3.05) is 19.6 Å². The van der Waals surface area contributed by atoms with Crippen LogP contribution in [0.1, 0.15) is 38.5 Å². The molecule has 4 fully saturated rings. The lowest BCUT2D eigenvalue weighted by Gasteiger charge is -2.55. The molecule has 5 aliphatic rings. The highest BCUT2D eigenvalue weighted by molar-refractivity contribution is 5.29. The standard InChI is InChI=1S/C17H25N3/c18-8-15-9-20(2-1-17(15)19)10-16-13-4-11-3-12(6-13)7-14(16)5-11/h11-14,16H,1-7,9-10,19H2. The fourth-order valence-corrected chi connectivity index (χ4v) is 5.73. The van der Waals surface area contributed by atoms with Crippen molar-refractivity contribution in [1.29, 1.82) is 5.26 Å². The second kappa shape index (κ2) is 4.77. The highest BCUT2D eigenvalue weighted by Gasteiger charge is 2.48. The fraction of sp³-hybridized carbons (Fsp3) is 0.824. The first-order chi connectivity index (χ1) is 9.72. The smallest absolute Gasteiger partial charge is 0.0979 e. The van der Waals surface area contributed by atoms with Gasteiger partial charge < -0.3 is 5.73 Å². The van der Waals surface area contributed by atoms with Crippen molar-refractivity contribution in [2.24, 2.45) is 35.3 Å². The number of nitriles is 1. The van der Waals surface area contributed by atoms with Gasteiger partial charge in [0.05, 0.1) is 11.6 Å². The number of nitrogens with zero attached hydrogens (tertiary/aromatic N) is 2. The summed E-state index contributed by atoms with van der Waals surface area (Å²) in [5.41, 5.74) is 7.58. The van der Waals surface area contributed by atoms with Gasteiger partial charge in [0.15, 0.2) is 0 Å². The molecular weight excluding hydrogens is 246 g/mol. The Balaban J connectivity index is 1.44. The molecule has 108 valence electrons. The quantitative estimate of drug-likeness (QED) is 0.839. The van der Waals surface area contributed by atoms with E-state index in [9.17, 15) is 5.26 Å². The molecule has 5 rings (SSSR count). The Kier molecular flexibility index (Phi) is 3.03. The average molecular weight is 271 g/mol. The van der Waals surface area contributed by atoms with Crippen LogP contribution < -0.4 is 5.73 Å². The van der Waals surface area contributed by atoms with Crippen molar-refractivity contribution in [3.8, 4) is 6.07 Å². The Morgan fingerprint density at radius 1 is 1.10 bits per heavy atom.